The number of hydrogen-bond donors (Lipinski definition) is 0. The number of alkyl halides is 3. The number of ether oxygens (including phenoxy) is 1. The van der Waals surface area contributed by atoms with E-state index in [1.165, 1.54) is 12.1 Å². The number of rotatable bonds is 4. The number of pyridine rings is 1. The van der Waals surface area contributed by atoms with Crippen molar-refractivity contribution in [2.24, 2.45) is 0 Å². The van der Waals surface area contributed by atoms with Crippen molar-refractivity contribution in [1.29, 1.82) is 0 Å². The van der Waals surface area contributed by atoms with Gasteiger partial charge in [-0.1, -0.05) is 0 Å². The molecule has 0 aliphatic carbocycles. The van der Waals surface area contributed by atoms with Crippen LogP contribution in [0.4, 0.5) is 13.2 Å². The van der Waals surface area contributed by atoms with Crippen LogP contribution in [0.2, 0.25) is 0 Å². The average molecular weight is 433 g/mol. The zero-order valence-electron chi connectivity index (χ0n) is 17.2. The van der Waals surface area contributed by atoms with E-state index in [0.29, 0.717) is 24.7 Å². The van der Waals surface area contributed by atoms with Crippen LogP contribution in [0, 0.1) is 0 Å². The summed E-state index contributed by atoms with van der Waals surface area (Å²) < 4.78 is 44.2. The van der Waals surface area contributed by atoms with E-state index in [-0.39, 0.29) is 12.0 Å². The van der Waals surface area contributed by atoms with Crippen LogP contribution in [0.3, 0.4) is 0 Å². The van der Waals surface area contributed by atoms with E-state index in [1.807, 2.05) is 12.1 Å². The van der Waals surface area contributed by atoms with Crippen LogP contribution < -0.4 is 4.74 Å². The number of halogens is 3. The standard InChI is InChI=1S/C23H26F3N3O2/c24-23(25,26)18-3-1-17(2-4-18)22(30)29-13-7-19(8-14-29)28-15-9-21(10-16-28)31-20-5-11-27-12-6-20/h1-6,11-12,19,21H,7-10,13-16H2. The van der Waals surface area contributed by atoms with Gasteiger partial charge in [0.1, 0.15) is 11.9 Å². The summed E-state index contributed by atoms with van der Waals surface area (Å²) >= 11 is 0. The first-order chi connectivity index (χ1) is 14.9. The lowest BCUT2D eigenvalue weighted by atomic mass is 9.98. The average Bonchev–Trinajstić information content (AvgIpc) is 2.79. The molecule has 31 heavy (non-hydrogen) atoms. The summed E-state index contributed by atoms with van der Waals surface area (Å²) in [6.07, 6.45) is 2.95. The highest BCUT2D eigenvalue weighted by Gasteiger charge is 2.32. The van der Waals surface area contributed by atoms with Gasteiger partial charge in [0, 0.05) is 50.2 Å². The summed E-state index contributed by atoms with van der Waals surface area (Å²) in [5.74, 6) is 0.653. The maximum Gasteiger partial charge on any atom is 0.416 e. The third kappa shape index (κ3) is 5.36. The fraction of sp³-hybridized carbons (Fsp3) is 0.478. The van der Waals surface area contributed by atoms with Gasteiger partial charge in [-0.05, 0) is 62.1 Å². The van der Waals surface area contributed by atoms with Gasteiger partial charge in [-0.15, -0.1) is 0 Å². The Morgan fingerprint density at radius 1 is 0.903 bits per heavy atom. The predicted molar refractivity (Wildman–Crippen MR) is 110 cm³/mol. The molecule has 2 saturated heterocycles. The van der Waals surface area contributed by atoms with Crippen LogP contribution in [0.25, 0.3) is 0 Å². The highest BCUT2D eigenvalue weighted by Crippen LogP contribution is 2.29. The summed E-state index contributed by atoms with van der Waals surface area (Å²) in [5.41, 5.74) is -0.431. The number of carbonyl (C=O) groups is 1. The molecule has 1 aromatic heterocycles. The van der Waals surface area contributed by atoms with E-state index in [1.54, 1.807) is 17.3 Å². The summed E-state index contributed by atoms with van der Waals surface area (Å²) in [5, 5.41) is 0. The first kappa shape index (κ1) is 21.6. The lowest BCUT2D eigenvalue weighted by molar-refractivity contribution is -0.137. The number of aromatic nitrogens is 1. The summed E-state index contributed by atoms with van der Waals surface area (Å²) in [4.78, 5) is 20.9. The van der Waals surface area contributed by atoms with Crippen molar-refractivity contribution in [3.8, 4) is 5.75 Å². The summed E-state index contributed by atoms with van der Waals surface area (Å²) in [6, 6.07) is 8.65. The van der Waals surface area contributed by atoms with Gasteiger partial charge in [0.25, 0.3) is 5.91 Å². The molecule has 8 heteroatoms. The lowest BCUT2D eigenvalue weighted by Crippen LogP contribution is -2.50. The van der Waals surface area contributed by atoms with Crippen LogP contribution in [0.15, 0.2) is 48.8 Å². The van der Waals surface area contributed by atoms with Crippen LogP contribution in [0.1, 0.15) is 41.6 Å². The number of amides is 1. The molecule has 0 bridgehead atoms. The quantitative estimate of drug-likeness (QED) is 0.723. The van der Waals surface area contributed by atoms with Gasteiger partial charge in [0.15, 0.2) is 0 Å². The fourth-order valence-corrected chi connectivity index (χ4v) is 4.39. The molecule has 2 fully saturated rings. The number of likely N-dealkylation sites (tertiary alicyclic amines) is 2. The largest absolute Gasteiger partial charge is 0.490 e. The maximum atomic E-state index is 12.7. The number of benzene rings is 1. The molecule has 0 spiro atoms. The second-order valence-corrected chi connectivity index (χ2v) is 8.13. The van der Waals surface area contributed by atoms with Crippen LogP contribution in [-0.4, -0.2) is 59.0 Å². The van der Waals surface area contributed by atoms with Gasteiger partial charge >= 0.3 is 6.18 Å². The van der Waals surface area contributed by atoms with Crippen LogP contribution >= 0.6 is 0 Å². The zero-order valence-corrected chi connectivity index (χ0v) is 17.2. The molecule has 2 aliphatic heterocycles. The molecular formula is C23H26F3N3O2. The van der Waals surface area contributed by atoms with E-state index in [9.17, 15) is 18.0 Å². The molecule has 0 saturated carbocycles. The Balaban J connectivity index is 1.24. The second-order valence-electron chi connectivity index (χ2n) is 8.13. The van der Waals surface area contributed by atoms with E-state index < -0.39 is 11.7 Å². The Morgan fingerprint density at radius 2 is 1.52 bits per heavy atom. The Bertz CT molecular complexity index is 858. The minimum Gasteiger partial charge on any atom is -0.490 e. The van der Waals surface area contributed by atoms with Gasteiger partial charge in [-0.2, -0.15) is 13.2 Å². The molecule has 4 rings (SSSR count). The molecular weight excluding hydrogens is 407 g/mol. The molecule has 3 heterocycles. The van der Waals surface area contributed by atoms with Crippen molar-refractivity contribution >= 4 is 5.91 Å². The highest BCUT2D eigenvalue weighted by molar-refractivity contribution is 5.94. The van der Waals surface area contributed by atoms with Gasteiger partial charge in [-0.3, -0.25) is 14.7 Å². The van der Waals surface area contributed by atoms with Gasteiger partial charge in [0.05, 0.1) is 5.56 Å². The molecule has 5 nitrogen and oxygen atoms in total. The highest BCUT2D eigenvalue weighted by atomic mass is 19.4. The monoisotopic (exact) mass is 433 g/mol. The Morgan fingerprint density at radius 3 is 2.10 bits per heavy atom. The van der Waals surface area contributed by atoms with Crippen molar-refractivity contribution in [3.05, 3.63) is 59.9 Å². The smallest absolute Gasteiger partial charge is 0.416 e. The third-order valence-corrected chi connectivity index (χ3v) is 6.16. The van der Waals surface area contributed by atoms with Crippen molar-refractivity contribution < 1.29 is 22.7 Å². The summed E-state index contributed by atoms with van der Waals surface area (Å²) in [7, 11) is 0. The van der Waals surface area contributed by atoms with Gasteiger partial charge < -0.3 is 9.64 Å². The Labute approximate surface area is 179 Å². The number of piperidine rings is 2. The van der Waals surface area contributed by atoms with Crippen molar-refractivity contribution in [2.75, 3.05) is 26.2 Å². The molecule has 1 amide bonds. The van der Waals surface area contributed by atoms with E-state index in [2.05, 4.69) is 9.88 Å². The first-order valence-corrected chi connectivity index (χ1v) is 10.7. The topological polar surface area (TPSA) is 45.7 Å². The Hall–Kier alpha value is -2.61. The molecule has 0 atom stereocenters. The SMILES string of the molecule is O=C(c1ccc(C(F)(F)F)cc1)N1CCC(N2CCC(Oc3ccncc3)CC2)CC1. The van der Waals surface area contributed by atoms with E-state index >= 15 is 0 Å². The molecule has 2 aromatic rings. The Kier molecular flexibility index (Phi) is 6.46. The summed E-state index contributed by atoms with van der Waals surface area (Å²) in [6.45, 7) is 3.18. The number of carbonyl (C=O) groups excluding carboxylic acids is 1. The number of hydrogen-bond acceptors (Lipinski definition) is 4. The minimum absolute atomic E-state index is 0.198. The second kappa shape index (κ2) is 9.26. The van der Waals surface area contributed by atoms with Crippen molar-refractivity contribution in [1.82, 2.24) is 14.8 Å². The molecule has 0 N–H and O–H groups in total. The van der Waals surface area contributed by atoms with Gasteiger partial charge in [-0.25, -0.2) is 0 Å². The maximum absolute atomic E-state index is 12.7. The third-order valence-electron chi connectivity index (χ3n) is 6.16. The molecule has 0 radical (unpaired) electrons. The normalized spacial score (nSPS) is 19.4. The molecule has 0 unspecified atom stereocenters. The van der Waals surface area contributed by atoms with Crippen molar-refractivity contribution in [3.63, 3.8) is 0 Å². The predicted octanol–water partition coefficient (Wildman–Crippen LogP) is 4.25. The minimum atomic E-state index is -4.39. The molecule has 1 aromatic carbocycles. The van der Waals surface area contributed by atoms with Crippen molar-refractivity contribution in [2.45, 2.75) is 44.0 Å². The lowest BCUT2D eigenvalue weighted by Gasteiger charge is -2.41. The van der Waals surface area contributed by atoms with E-state index in [0.717, 1.165) is 56.7 Å². The fourth-order valence-electron chi connectivity index (χ4n) is 4.39. The van der Waals surface area contributed by atoms with Gasteiger partial charge in [0.2, 0.25) is 0 Å². The first-order valence-electron chi connectivity index (χ1n) is 10.7. The zero-order chi connectivity index (χ0) is 21.8. The number of nitrogens with zero attached hydrogens (tertiary/aromatic N) is 3. The van der Waals surface area contributed by atoms with Crippen LogP contribution in [-0.2, 0) is 6.18 Å². The van der Waals surface area contributed by atoms with Crippen LogP contribution in [0.5, 0.6) is 5.75 Å². The van der Waals surface area contributed by atoms with E-state index in [4.69, 9.17) is 4.74 Å². The molecule has 2 aliphatic rings. The molecule has 166 valence electrons.